The van der Waals surface area contributed by atoms with E-state index in [2.05, 4.69) is 5.32 Å². The van der Waals surface area contributed by atoms with Crippen molar-refractivity contribution < 1.29 is 19.5 Å². The Balaban J connectivity index is 1.59. The van der Waals surface area contributed by atoms with Gasteiger partial charge in [-0.15, -0.1) is 0 Å². The first-order chi connectivity index (χ1) is 15.0. The van der Waals surface area contributed by atoms with Gasteiger partial charge in [0.15, 0.2) is 0 Å². The van der Waals surface area contributed by atoms with Crippen molar-refractivity contribution in [1.82, 2.24) is 10.2 Å². The van der Waals surface area contributed by atoms with E-state index in [4.69, 9.17) is 16.7 Å². The van der Waals surface area contributed by atoms with Gasteiger partial charge in [-0.25, -0.2) is 0 Å². The zero-order valence-electron chi connectivity index (χ0n) is 17.0. The van der Waals surface area contributed by atoms with Crippen molar-refractivity contribution in [3.8, 4) is 0 Å². The van der Waals surface area contributed by atoms with Crippen LogP contribution >= 0.6 is 11.6 Å². The molecule has 2 aromatic carbocycles. The van der Waals surface area contributed by atoms with Gasteiger partial charge >= 0.3 is 0 Å². The highest BCUT2D eigenvalue weighted by molar-refractivity contribution is 6.31. The highest BCUT2D eigenvalue weighted by Crippen LogP contribution is 2.35. The van der Waals surface area contributed by atoms with Gasteiger partial charge in [0.25, 0.3) is 11.8 Å². The summed E-state index contributed by atoms with van der Waals surface area (Å²) < 4.78 is 0. The Morgan fingerprint density at radius 2 is 1.94 bits per heavy atom. The number of benzene rings is 2. The molecule has 2 aromatic rings. The molecule has 0 aliphatic carbocycles. The third-order valence-electron chi connectivity index (χ3n) is 5.81. The number of halogens is 1. The standard InChI is InChI=1S/C23H24ClN3O4/c24-18-8-2-1-5-15(18)14-27-22(30)17-7-3-9-19(20(17)23(27)31)26-11-4-6-16(13-26)21(29)25-10-12-28/h1-3,5,7-9,16,28H,4,6,10-14H2,(H,25,29)/t16-/m0/s1. The van der Waals surface area contributed by atoms with E-state index in [1.165, 1.54) is 4.90 Å². The van der Waals surface area contributed by atoms with Gasteiger partial charge in [-0.05, 0) is 36.6 Å². The number of imide groups is 1. The second kappa shape index (κ2) is 9.08. The second-order valence-electron chi connectivity index (χ2n) is 7.79. The number of carbonyl (C=O) groups excluding carboxylic acids is 3. The summed E-state index contributed by atoms with van der Waals surface area (Å²) in [5.74, 6) is -1.02. The molecule has 1 saturated heterocycles. The Bertz CT molecular complexity index is 1030. The average Bonchev–Trinajstić information content (AvgIpc) is 3.04. The van der Waals surface area contributed by atoms with E-state index in [9.17, 15) is 14.4 Å². The van der Waals surface area contributed by atoms with Crippen LogP contribution in [0.25, 0.3) is 0 Å². The van der Waals surface area contributed by atoms with Crippen molar-refractivity contribution in [3.05, 3.63) is 64.2 Å². The summed E-state index contributed by atoms with van der Waals surface area (Å²) in [5.41, 5.74) is 2.15. The molecule has 2 aliphatic rings. The fraction of sp³-hybridized carbons (Fsp3) is 0.348. The molecule has 31 heavy (non-hydrogen) atoms. The van der Waals surface area contributed by atoms with E-state index in [1.807, 2.05) is 17.0 Å². The number of aliphatic hydroxyl groups is 1. The molecule has 7 nitrogen and oxygen atoms in total. The number of hydrogen-bond donors (Lipinski definition) is 2. The summed E-state index contributed by atoms with van der Waals surface area (Å²) in [6.07, 6.45) is 1.54. The highest BCUT2D eigenvalue weighted by Gasteiger charge is 2.39. The number of amides is 3. The molecular formula is C23H24ClN3O4. The SMILES string of the molecule is O=C(NCCO)[C@H]1CCCN(c2cccc3c2C(=O)N(Cc2ccccc2Cl)C3=O)C1. The van der Waals surface area contributed by atoms with Crippen LogP contribution in [0, 0.1) is 5.92 Å². The number of anilines is 1. The van der Waals surface area contributed by atoms with E-state index < -0.39 is 0 Å². The molecule has 3 amide bonds. The smallest absolute Gasteiger partial charge is 0.263 e. The summed E-state index contributed by atoms with van der Waals surface area (Å²) in [6.45, 7) is 1.38. The largest absolute Gasteiger partial charge is 0.395 e. The monoisotopic (exact) mass is 441 g/mol. The van der Waals surface area contributed by atoms with Gasteiger partial charge in [0.05, 0.1) is 35.9 Å². The minimum Gasteiger partial charge on any atom is -0.395 e. The lowest BCUT2D eigenvalue weighted by Crippen LogP contribution is -2.44. The molecule has 0 radical (unpaired) electrons. The van der Waals surface area contributed by atoms with Crippen LogP contribution in [0.5, 0.6) is 0 Å². The van der Waals surface area contributed by atoms with Crippen LogP contribution in [0.15, 0.2) is 42.5 Å². The third-order valence-corrected chi connectivity index (χ3v) is 6.18. The lowest BCUT2D eigenvalue weighted by molar-refractivity contribution is -0.125. The zero-order valence-corrected chi connectivity index (χ0v) is 17.8. The number of carbonyl (C=O) groups is 3. The number of aliphatic hydroxyl groups excluding tert-OH is 1. The van der Waals surface area contributed by atoms with Gasteiger partial charge in [-0.1, -0.05) is 35.9 Å². The van der Waals surface area contributed by atoms with E-state index in [0.717, 1.165) is 12.8 Å². The Morgan fingerprint density at radius 3 is 2.71 bits per heavy atom. The molecule has 0 saturated carbocycles. The van der Waals surface area contributed by atoms with Crippen molar-refractivity contribution >= 4 is 35.0 Å². The first-order valence-corrected chi connectivity index (χ1v) is 10.7. The first kappa shape index (κ1) is 21.3. The van der Waals surface area contributed by atoms with E-state index in [0.29, 0.717) is 40.5 Å². The minimum absolute atomic E-state index is 0.103. The number of nitrogens with one attached hydrogen (secondary N) is 1. The van der Waals surface area contributed by atoms with Crippen molar-refractivity contribution in [2.75, 3.05) is 31.1 Å². The molecule has 8 heteroatoms. The molecule has 4 rings (SSSR count). The van der Waals surface area contributed by atoms with Crippen LogP contribution in [0.3, 0.4) is 0 Å². The molecule has 2 aliphatic heterocycles. The third kappa shape index (κ3) is 4.16. The van der Waals surface area contributed by atoms with Crippen LogP contribution in [-0.2, 0) is 11.3 Å². The molecule has 2 N–H and O–H groups in total. The van der Waals surface area contributed by atoms with Gasteiger partial charge in [0, 0.05) is 24.7 Å². The number of hydrogen-bond acceptors (Lipinski definition) is 5. The predicted octanol–water partition coefficient (Wildman–Crippen LogP) is 2.46. The second-order valence-corrected chi connectivity index (χ2v) is 8.19. The number of piperidine rings is 1. The van der Waals surface area contributed by atoms with Crippen molar-refractivity contribution in [3.63, 3.8) is 0 Å². The lowest BCUT2D eigenvalue weighted by Gasteiger charge is -2.34. The quantitative estimate of drug-likeness (QED) is 0.672. The van der Waals surface area contributed by atoms with E-state index in [1.54, 1.807) is 30.3 Å². The summed E-state index contributed by atoms with van der Waals surface area (Å²) in [4.78, 5) is 41.9. The van der Waals surface area contributed by atoms with Gasteiger partial charge in [0.2, 0.25) is 5.91 Å². The molecule has 1 fully saturated rings. The maximum atomic E-state index is 13.3. The normalized spacial score (nSPS) is 18.3. The van der Waals surface area contributed by atoms with Crippen LogP contribution < -0.4 is 10.2 Å². The Hall–Kier alpha value is -2.90. The average molecular weight is 442 g/mol. The van der Waals surface area contributed by atoms with Crippen LogP contribution in [0.4, 0.5) is 5.69 Å². The van der Waals surface area contributed by atoms with E-state index >= 15 is 0 Å². The van der Waals surface area contributed by atoms with E-state index in [-0.39, 0.29) is 43.3 Å². The van der Waals surface area contributed by atoms with Crippen LogP contribution in [0.1, 0.15) is 39.1 Å². The van der Waals surface area contributed by atoms with Gasteiger partial charge in [0.1, 0.15) is 0 Å². The Labute approximate surface area is 185 Å². The fourth-order valence-corrected chi connectivity index (χ4v) is 4.45. The molecule has 0 spiro atoms. The van der Waals surface area contributed by atoms with Crippen molar-refractivity contribution in [1.29, 1.82) is 0 Å². The maximum absolute atomic E-state index is 13.3. The Morgan fingerprint density at radius 1 is 1.13 bits per heavy atom. The number of fused-ring (bicyclic) bond motifs is 1. The maximum Gasteiger partial charge on any atom is 0.263 e. The van der Waals surface area contributed by atoms with Crippen molar-refractivity contribution in [2.45, 2.75) is 19.4 Å². The lowest BCUT2D eigenvalue weighted by atomic mass is 9.95. The number of nitrogens with zero attached hydrogens (tertiary/aromatic N) is 2. The zero-order chi connectivity index (χ0) is 22.0. The Kier molecular flexibility index (Phi) is 6.25. The van der Waals surface area contributed by atoms with Gasteiger partial charge in [-0.2, -0.15) is 0 Å². The topological polar surface area (TPSA) is 89.9 Å². The summed E-state index contributed by atoms with van der Waals surface area (Å²) in [5, 5.41) is 12.2. The molecule has 0 aromatic heterocycles. The summed E-state index contributed by atoms with van der Waals surface area (Å²) in [7, 11) is 0. The molecule has 0 bridgehead atoms. The predicted molar refractivity (Wildman–Crippen MR) is 117 cm³/mol. The van der Waals surface area contributed by atoms with Crippen LogP contribution in [-0.4, -0.2) is 54.0 Å². The molecule has 2 heterocycles. The molecule has 1 atom stereocenters. The van der Waals surface area contributed by atoms with Crippen LogP contribution in [0.2, 0.25) is 5.02 Å². The number of rotatable bonds is 6. The van der Waals surface area contributed by atoms with Gasteiger partial charge < -0.3 is 15.3 Å². The molecular weight excluding hydrogens is 418 g/mol. The summed E-state index contributed by atoms with van der Waals surface area (Å²) >= 11 is 6.23. The first-order valence-electron chi connectivity index (χ1n) is 10.4. The van der Waals surface area contributed by atoms with Crippen molar-refractivity contribution in [2.24, 2.45) is 5.92 Å². The summed E-state index contributed by atoms with van der Waals surface area (Å²) in [6, 6.07) is 12.4. The fourth-order valence-electron chi connectivity index (χ4n) is 4.25. The highest BCUT2D eigenvalue weighted by atomic mass is 35.5. The molecule has 162 valence electrons. The minimum atomic E-state index is -0.345. The van der Waals surface area contributed by atoms with Gasteiger partial charge in [-0.3, -0.25) is 19.3 Å². The molecule has 0 unspecified atom stereocenters.